The van der Waals surface area contributed by atoms with Gasteiger partial charge in [0.1, 0.15) is 0 Å². The molecule has 2 aromatic rings. The number of amides is 2. The summed E-state index contributed by atoms with van der Waals surface area (Å²) in [5, 5.41) is 2.91. The van der Waals surface area contributed by atoms with E-state index < -0.39 is 0 Å². The van der Waals surface area contributed by atoms with Crippen LogP contribution < -0.4 is 10.2 Å². The van der Waals surface area contributed by atoms with Crippen molar-refractivity contribution < 1.29 is 9.59 Å². The fourth-order valence-electron chi connectivity index (χ4n) is 3.31. The number of fused-ring (bicyclic) bond motifs is 2. The van der Waals surface area contributed by atoms with Gasteiger partial charge in [0.25, 0.3) is 0 Å². The number of anilines is 1. The summed E-state index contributed by atoms with van der Waals surface area (Å²) < 4.78 is 0. The van der Waals surface area contributed by atoms with E-state index in [9.17, 15) is 9.59 Å². The summed E-state index contributed by atoms with van der Waals surface area (Å²) in [6.45, 7) is 5.34. The van der Waals surface area contributed by atoms with Crippen LogP contribution >= 0.6 is 0 Å². The standard InChI is InChI=1S/C24H28N2O2/c1-18(2)16-25-23(27)12-7-13-24(28)26-17-21-10-4-3-8-19(21)14-15-20-9-5-6-11-22(20)26/h3-6,8-11,14-15,18H,7,12-13,16-17H2,1-2H3,(H,25,27)/b15-14-. The molecule has 0 fully saturated rings. The highest BCUT2D eigenvalue weighted by molar-refractivity contribution is 5.97. The van der Waals surface area contributed by atoms with Crippen LogP contribution in [0.4, 0.5) is 5.69 Å². The van der Waals surface area contributed by atoms with E-state index in [1.54, 1.807) is 0 Å². The van der Waals surface area contributed by atoms with E-state index in [-0.39, 0.29) is 11.8 Å². The zero-order valence-electron chi connectivity index (χ0n) is 16.7. The predicted molar refractivity (Wildman–Crippen MR) is 115 cm³/mol. The molecule has 0 atom stereocenters. The molecule has 2 aromatic carbocycles. The Hall–Kier alpha value is -2.88. The summed E-state index contributed by atoms with van der Waals surface area (Å²) in [7, 11) is 0. The van der Waals surface area contributed by atoms with Gasteiger partial charge in [-0.2, -0.15) is 0 Å². The van der Waals surface area contributed by atoms with Gasteiger partial charge >= 0.3 is 0 Å². The molecule has 3 rings (SSSR count). The zero-order valence-corrected chi connectivity index (χ0v) is 16.7. The summed E-state index contributed by atoms with van der Waals surface area (Å²) in [4.78, 5) is 26.8. The number of benzene rings is 2. The number of carbonyl (C=O) groups is 2. The maximum Gasteiger partial charge on any atom is 0.227 e. The lowest BCUT2D eigenvalue weighted by Gasteiger charge is -2.27. The average molecular weight is 377 g/mol. The predicted octanol–water partition coefficient (Wildman–Crippen LogP) is 4.65. The average Bonchev–Trinajstić information content (AvgIpc) is 2.68. The number of hydrogen-bond acceptors (Lipinski definition) is 2. The SMILES string of the molecule is CC(C)CNC(=O)CCCC(=O)N1Cc2ccccc2/C=C\c2ccccc21. The molecule has 1 heterocycles. The second-order valence-electron chi connectivity index (χ2n) is 7.62. The summed E-state index contributed by atoms with van der Waals surface area (Å²) in [6, 6.07) is 16.1. The third-order valence-corrected chi connectivity index (χ3v) is 4.86. The van der Waals surface area contributed by atoms with Crippen molar-refractivity contribution in [2.24, 2.45) is 5.92 Å². The Balaban J connectivity index is 1.72. The number of rotatable bonds is 6. The molecular weight excluding hydrogens is 348 g/mol. The van der Waals surface area contributed by atoms with Crippen LogP contribution in [0.5, 0.6) is 0 Å². The number of nitrogens with one attached hydrogen (secondary N) is 1. The molecule has 28 heavy (non-hydrogen) atoms. The van der Waals surface area contributed by atoms with Gasteiger partial charge in [0.2, 0.25) is 11.8 Å². The summed E-state index contributed by atoms with van der Waals surface area (Å²) in [5.74, 6) is 0.494. The summed E-state index contributed by atoms with van der Waals surface area (Å²) in [6.07, 6.45) is 5.46. The Morgan fingerprint density at radius 1 is 0.964 bits per heavy atom. The minimum absolute atomic E-state index is 0.0165. The Kier molecular flexibility index (Phi) is 6.64. The monoisotopic (exact) mass is 376 g/mol. The minimum Gasteiger partial charge on any atom is -0.356 e. The largest absolute Gasteiger partial charge is 0.356 e. The van der Waals surface area contributed by atoms with Gasteiger partial charge in [-0.3, -0.25) is 9.59 Å². The van der Waals surface area contributed by atoms with Gasteiger partial charge in [-0.05, 0) is 35.1 Å². The molecule has 0 saturated heterocycles. The van der Waals surface area contributed by atoms with Crippen LogP contribution in [0.15, 0.2) is 48.5 Å². The van der Waals surface area contributed by atoms with Crippen molar-refractivity contribution in [2.75, 3.05) is 11.4 Å². The molecule has 1 aliphatic heterocycles. The maximum atomic E-state index is 13.1. The molecule has 0 radical (unpaired) electrons. The lowest BCUT2D eigenvalue weighted by molar-refractivity contribution is -0.121. The van der Waals surface area contributed by atoms with E-state index in [0.717, 1.165) is 22.4 Å². The normalized spacial score (nSPS) is 13.9. The van der Waals surface area contributed by atoms with Crippen LogP contribution in [0.3, 0.4) is 0 Å². The van der Waals surface area contributed by atoms with Gasteiger partial charge in [-0.1, -0.05) is 68.5 Å². The van der Waals surface area contributed by atoms with Crippen molar-refractivity contribution >= 4 is 29.7 Å². The highest BCUT2D eigenvalue weighted by Crippen LogP contribution is 2.29. The topological polar surface area (TPSA) is 49.4 Å². The Labute approximate surface area is 167 Å². The third kappa shape index (κ3) is 5.10. The van der Waals surface area contributed by atoms with Crippen LogP contribution in [0, 0.1) is 5.92 Å². The number of carbonyl (C=O) groups excluding carboxylic acids is 2. The van der Waals surface area contributed by atoms with Gasteiger partial charge in [0.15, 0.2) is 0 Å². The van der Waals surface area contributed by atoms with Crippen LogP contribution in [0.2, 0.25) is 0 Å². The van der Waals surface area contributed by atoms with E-state index in [1.165, 1.54) is 0 Å². The fraction of sp³-hybridized carbons (Fsp3) is 0.333. The first-order valence-corrected chi connectivity index (χ1v) is 9.96. The van der Waals surface area contributed by atoms with Gasteiger partial charge in [0, 0.05) is 19.4 Å². The van der Waals surface area contributed by atoms with Crippen molar-refractivity contribution in [3.05, 3.63) is 65.2 Å². The highest BCUT2D eigenvalue weighted by Gasteiger charge is 2.20. The van der Waals surface area contributed by atoms with Crippen LogP contribution in [0.1, 0.15) is 49.8 Å². The highest BCUT2D eigenvalue weighted by atomic mass is 16.2. The van der Waals surface area contributed by atoms with Crippen LogP contribution in [-0.2, 0) is 16.1 Å². The van der Waals surface area contributed by atoms with E-state index in [4.69, 9.17) is 0 Å². The molecule has 2 amide bonds. The molecular formula is C24H28N2O2. The number of hydrogen-bond donors (Lipinski definition) is 1. The van der Waals surface area contributed by atoms with Crippen molar-refractivity contribution in [3.63, 3.8) is 0 Å². The molecule has 0 unspecified atom stereocenters. The molecule has 0 aromatic heterocycles. The quantitative estimate of drug-likeness (QED) is 0.798. The maximum absolute atomic E-state index is 13.1. The van der Waals surface area contributed by atoms with Crippen molar-refractivity contribution in [1.29, 1.82) is 0 Å². The Morgan fingerprint density at radius 3 is 2.43 bits per heavy atom. The van der Waals surface area contributed by atoms with Gasteiger partial charge < -0.3 is 10.2 Å². The Morgan fingerprint density at radius 2 is 1.64 bits per heavy atom. The van der Waals surface area contributed by atoms with Crippen molar-refractivity contribution in [2.45, 2.75) is 39.7 Å². The molecule has 4 heteroatoms. The second-order valence-corrected chi connectivity index (χ2v) is 7.62. The van der Waals surface area contributed by atoms with Crippen LogP contribution in [-0.4, -0.2) is 18.4 Å². The van der Waals surface area contributed by atoms with Crippen LogP contribution in [0.25, 0.3) is 12.2 Å². The smallest absolute Gasteiger partial charge is 0.227 e. The molecule has 0 aliphatic carbocycles. The molecule has 0 bridgehead atoms. The number of para-hydroxylation sites is 1. The summed E-state index contributed by atoms with van der Waals surface area (Å²) in [5.41, 5.74) is 4.20. The number of nitrogens with zero attached hydrogens (tertiary/aromatic N) is 1. The fourth-order valence-corrected chi connectivity index (χ4v) is 3.31. The van der Waals surface area contributed by atoms with E-state index in [1.807, 2.05) is 41.3 Å². The van der Waals surface area contributed by atoms with Crippen molar-refractivity contribution in [3.8, 4) is 0 Å². The molecule has 0 spiro atoms. The second kappa shape index (κ2) is 9.36. The molecule has 1 N–H and O–H groups in total. The third-order valence-electron chi connectivity index (χ3n) is 4.86. The summed E-state index contributed by atoms with van der Waals surface area (Å²) >= 11 is 0. The zero-order chi connectivity index (χ0) is 19.9. The van der Waals surface area contributed by atoms with Gasteiger partial charge in [0.05, 0.1) is 12.2 Å². The minimum atomic E-state index is 0.0165. The van der Waals surface area contributed by atoms with E-state index in [0.29, 0.717) is 38.3 Å². The lowest BCUT2D eigenvalue weighted by Crippen LogP contribution is -2.32. The molecule has 4 nitrogen and oxygen atoms in total. The lowest BCUT2D eigenvalue weighted by atomic mass is 10.0. The van der Waals surface area contributed by atoms with Gasteiger partial charge in [-0.25, -0.2) is 0 Å². The molecule has 0 saturated carbocycles. The first-order valence-electron chi connectivity index (χ1n) is 9.96. The van der Waals surface area contributed by atoms with E-state index >= 15 is 0 Å². The van der Waals surface area contributed by atoms with Crippen molar-refractivity contribution in [1.82, 2.24) is 5.32 Å². The molecule has 146 valence electrons. The first kappa shape index (κ1) is 19.9. The molecule has 1 aliphatic rings. The Bertz CT molecular complexity index is 870. The first-order chi connectivity index (χ1) is 13.5. The van der Waals surface area contributed by atoms with Gasteiger partial charge in [-0.15, -0.1) is 0 Å². The van der Waals surface area contributed by atoms with E-state index in [2.05, 4.69) is 43.4 Å².